The Labute approximate surface area is 86.1 Å². The Morgan fingerprint density at radius 1 is 0.714 bits per heavy atom. The molecule has 0 N–H and O–H groups in total. The van der Waals surface area contributed by atoms with E-state index < -0.39 is 0 Å². The monoisotopic (exact) mass is 186 g/mol. The summed E-state index contributed by atoms with van der Waals surface area (Å²) in [4.78, 5) is 0. The Morgan fingerprint density at radius 3 is 1.50 bits per heavy atom. The molecule has 4 aliphatic carbocycles. The molecule has 0 spiro atoms. The summed E-state index contributed by atoms with van der Waals surface area (Å²) in [6, 6.07) is 0. The maximum atomic E-state index is 2.63. The van der Waals surface area contributed by atoms with E-state index >= 15 is 0 Å². The lowest BCUT2D eigenvalue weighted by molar-refractivity contribution is 0.604. The molecule has 74 valence electrons. The molecule has 0 saturated heterocycles. The number of rotatable bonds is 1. The van der Waals surface area contributed by atoms with Gasteiger partial charge >= 0.3 is 0 Å². The van der Waals surface area contributed by atoms with Crippen molar-refractivity contribution >= 4 is 0 Å². The minimum atomic E-state index is 0.968. The van der Waals surface area contributed by atoms with Crippen molar-refractivity contribution in [2.24, 2.45) is 23.7 Å². The van der Waals surface area contributed by atoms with Gasteiger partial charge in [-0.15, -0.1) is 0 Å². The molecule has 0 heterocycles. The predicted octanol–water partition coefficient (Wildman–Crippen LogP) is 3.70. The van der Waals surface area contributed by atoms with Crippen molar-refractivity contribution in [1.29, 1.82) is 0 Å². The molecular formula is C14H18. The highest BCUT2D eigenvalue weighted by Gasteiger charge is 2.40. The van der Waals surface area contributed by atoms with E-state index in [9.17, 15) is 0 Å². The van der Waals surface area contributed by atoms with Crippen LogP contribution in [0.4, 0.5) is 0 Å². The van der Waals surface area contributed by atoms with Gasteiger partial charge in [-0.05, 0) is 73.3 Å². The first-order valence-corrected chi connectivity index (χ1v) is 6.34. The van der Waals surface area contributed by atoms with Crippen LogP contribution in [0.5, 0.6) is 0 Å². The van der Waals surface area contributed by atoms with E-state index in [0.29, 0.717) is 0 Å². The Hall–Kier alpha value is -0.520. The molecule has 0 nitrogen and oxygen atoms in total. The molecule has 0 aromatic carbocycles. The van der Waals surface area contributed by atoms with Crippen molar-refractivity contribution in [3.8, 4) is 0 Å². The first kappa shape index (κ1) is 7.73. The molecule has 2 saturated carbocycles. The van der Waals surface area contributed by atoms with E-state index in [0.717, 1.165) is 23.7 Å². The van der Waals surface area contributed by atoms with Gasteiger partial charge in [0.15, 0.2) is 0 Å². The highest BCUT2D eigenvalue weighted by Crippen LogP contribution is 2.53. The average Bonchev–Trinajstić information content (AvgIpc) is 2.96. The zero-order chi connectivity index (χ0) is 9.12. The van der Waals surface area contributed by atoms with Crippen LogP contribution < -0.4 is 0 Å². The summed E-state index contributed by atoms with van der Waals surface area (Å²) in [5, 5.41) is 0. The van der Waals surface area contributed by atoms with Crippen LogP contribution >= 0.6 is 0 Å². The predicted molar refractivity (Wildman–Crippen MR) is 57.8 cm³/mol. The minimum Gasteiger partial charge on any atom is -0.0776 e. The summed E-state index contributed by atoms with van der Waals surface area (Å²) < 4.78 is 0. The van der Waals surface area contributed by atoms with Crippen LogP contribution in [0.25, 0.3) is 0 Å². The van der Waals surface area contributed by atoms with Crippen LogP contribution in [0, 0.1) is 23.7 Å². The van der Waals surface area contributed by atoms with E-state index in [1.54, 1.807) is 11.1 Å². The summed E-state index contributed by atoms with van der Waals surface area (Å²) in [6.07, 6.45) is 14.2. The highest BCUT2D eigenvalue weighted by molar-refractivity contribution is 5.43. The van der Waals surface area contributed by atoms with Gasteiger partial charge in [0.1, 0.15) is 0 Å². The first-order chi connectivity index (χ1) is 6.90. The second kappa shape index (κ2) is 2.53. The number of allylic oxidation sites excluding steroid dienone is 4. The van der Waals surface area contributed by atoms with E-state index in [-0.39, 0.29) is 0 Å². The minimum absolute atomic E-state index is 0.968. The van der Waals surface area contributed by atoms with Gasteiger partial charge in [-0.2, -0.15) is 0 Å². The summed E-state index contributed by atoms with van der Waals surface area (Å²) in [7, 11) is 0. The average molecular weight is 186 g/mol. The van der Waals surface area contributed by atoms with E-state index in [2.05, 4.69) is 12.2 Å². The molecule has 0 radical (unpaired) electrons. The van der Waals surface area contributed by atoms with Crippen LogP contribution in [-0.2, 0) is 0 Å². The van der Waals surface area contributed by atoms with Gasteiger partial charge in [-0.3, -0.25) is 0 Å². The number of hydrogen-bond acceptors (Lipinski definition) is 0. The van der Waals surface area contributed by atoms with Gasteiger partial charge in [0.25, 0.3) is 0 Å². The molecule has 0 aliphatic heterocycles. The van der Waals surface area contributed by atoms with Crippen molar-refractivity contribution in [1.82, 2.24) is 0 Å². The molecule has 4 aliphatic rings. The SMILES string of the molecule is C1=C(C2=CC3CCC2C3)C2CCC1C2. The largest absolute Gasteiger partial charge is 0.0776 e. The molecule has 4 atom stereocenters. The molecule has 4 rings (SSSR count). The van der Waals surface area contributed by atoms with Crippen LogP contribution in [0.1, 0.15) is 38.5 Å². The fraction of sp³-hybridized carbons (Fsp3) is 0.714. The third-order valence-electron chi connectivity index (χ3n) is 4.99. The highest BCUT2D eigenvalue weighted by atomic mass is 14.4. The molecule has 14 heavy (non-hydrogen) atoms. The van der Waals surface area contributed by atoms with Gasteiger partial charge in [-0.1, -0.05) is 12.2 Å². The van der Waals surface area contributed by atoms with E-state index in [1.807, 2.05) is 0 Å². The van der Waals surface area contributed by atoms with Crippen LogP contribution in [0.15, 0.2) is 23.3 Å². The Morgan fingerprint density at radius 2 is 1.21 bits per heavy atom. The molecule has 4 unspecified atom stereocenters. The standard InChI is InChI=1S/C14H18/c1-3-11-5-9(1)7-13(11)14-8-10-2-4-12(14)6-10/h7-12H,1-6H2. The second-order valence-electron chi connectivity index (χ2n) is 5.78. The summed E-state index contributed by atoms with van der Waals surface area (Å²) in [5.41, 5.74) is 3.60. The third kappa shape index (κ3) is 0.898. The van der Waals surface area contributed by atoms with Gasteiger partial charge < -0.3 is 0 Å². The van der Waals surface area contributed by atoms with E-state index in [1.165, 1.54) is 38.5 Å². The van der Waals surface area contributed by atoms with Crippen molar-refractivity contribution in [2.45, 2.75) is 38.5 Å². The van der Waals surface area contributed by atoms with Crippen molar-refractivity contribution < 1.29 is 0 Å². The maximum Gasteiger partial charge on any atom is -0.0156 e. The van der Waals surface area contributed by atoms with Crippen LogP contribution in [-0.4, -0.2) is 0 Å². The molecule has 0 heteroatoms. The summed E-state index contributed by atoms with van der Waals surface area (Å²) >= 11 is 0. The lowest BCUT2D eigenvalue weighted by Gasteiger charge is -2.20. The van der Waals surface area contributed by atoms with Gasteiger partial charge in [0.05, 0.1) is 0 Å². The fourth-order valence-corrected chi connectivity index (χ4v) is 4.34. The fourth-order valence-electron chi connectivity index (χ4n) is 4.34. The van der Waals surface area contributed by atoms with Crippen molar-refractivity contribution in [2.75, 3.05) is 0 Å². The maximum absolute atomic E-state index is 2.63. The van der Waals surface area contributed by atoms with Gasteiger partial charge in [0, 0.05) is 0 Å². The third-order valence-corrected chi connectivity index (χ3v) is 4.99. The summed E-state index contributed by atoms with van der Waals surface area (Å²) in [6.45, 7) is 0. The Balaban J connectivity index is 1.71. The lowest BCUT2D eigenvalue weighted by atomic mass is 9.85. The zero-order valence-electron chi connectivity index (χ0n) is 8.71. The Kier molecular flexibility index (Phi) is 1.40. The van der Waals surface area contributed by atoms with Crippen molar-refractivity contribution in [3.63, 3.8) is 0 Å². The van der Waals surface area contributed by atoms with Crippen molar-refractivity contribution in [3.05, 3.63) is 23.3 Å². The normalized spacial score (nSPS) is 48.6. The van der Waals surface area contributed by atoms with Gasteiger partial charge in [0.2, 0.25) is 0 Å². The molecular weight excluding hydrogens is 168 g/mol. The van der Waals surface area contributed by atoms with Crippen LogP contribution in [0.2, 0.25) is 0 Å². The smallest absolute Gasteiger partial charge is 0.0156 e. The van der Waals surface area contributed by atoms with E-state index in [4.69, 9.17) is 0 Å². The molecule has 2 fully saturated rings. The number of fused-ring (bicyclic) bond motifs is 4. The van der Waals surface area contributed by atoms with Crippen LogP contribution in [0.3, 0.4) is 0 Å². The number of hydrogen-bond donors (Lipinski definition) is 0. The lowest BCUT2D eigenvalue weighted by Crippen LogP contribution is -2.06. The molecule has 0 amide bonds. The molecule has 0 aromatic rings. The molecule has 4 bridgehead atoms. The quantitative estimate of drug-likeness (QED) is 0.585. The Bertz CT molecular complexity index is 300. The zero-order valence-corrected chi connectivity index (χ0v) is 8.71. The van der Waals surface area contributed by atoms with Gasteiger partial charge in [-0.25, -0.2) is 0 Å². The topological polar surface area (TPSA) is 0 Å². The summed E-state index contributed by atoms with van der Waals surface area (Å²) in [5.74, 6) is 3.89. The second-order valence-corrected chi connectivity index (χ2v) is 5.78. The molecule has 0 aromatic heterocycles. The first-order valence-electron chi connectivity index (χ1n) is 6.34.